The molecule has 5 nitrogen and oxygen atoms in total. The van der Waals surface area contributed by atoms with E-state index in [1.54, 1.807) is 28.6 Å². The number of thioether (sulfide) groups is 1. The molecule has 2 N–H and O–H groups in total. The van der Waals surface area contributed by atoms with Crippen LogP contribution in [0, 0.1) is 6.92 Å². The number of nitrogens with one attached hydrogen (secondary N) is 1. The number of phenolic OH excluding ortho intramolecular Hbond substituents is 1. The maximum atomic E-state index is 12.6. The molecular formula is C20H19N3O2S. The van der Waals surface area contributed by atoms with Gasteiger partial charge in [0.1, 0.15) is 11.6 Å². The number of aromatic hydroxyl groups is 1. The smallest absolute Gasteiger partial charge is 0.238 e. The highest BCUT2D eigenvalue weighted by Crippen LogP contribution is 2.46. The quantitative estimate of drug-likeness (QED) is 0.719. The van der Waals surface area contributed by atoms with Crippen molar-refractivity contribution in [1.82, 2.24) is 9.78 Å². The molecular weight excluding hydrogens is 346 g/mol. The van der Waals surface area contributed by atoms with E-state index in [-0.39, 0.29) is 22.2 Å². The highest BCUT2D eigenvalue weighted by Gasteiger charge is 2.33. The number of carbonyl (C=O) groups excluding carboxylic acids is 1. The lowest BCUT2D eigenvalue weighted by Crippen LogP contribution is -2.22. The van der Waals surface area contributed by atoms with Gasteiger partial charge in [-0.05, 0) is 43.7 Å². The number of hydrogen-bond donors (Lipinski definition) is 2. The van der Waals surface area contributed by atoms with E-state index in [9.17, 15) is 9.90 Å². The van der Waals surface area contributed by atoms with Gasteiger partial charge in [0.2, 0.25) is 5.91 Å². The molecule has 0 radical (unpaired) electrons. The Morgan fingerprint density at radius 2 is 1.81 bits per heavy atom. The molecule has 2 heterocycles. The Labute approximate surface area is 156 Å². The summed E-state index contributed by atoms with van der Waals surface area (Å²) in [6.45, 7) is 3.88. The molecule has 1 aliphatic heterocycles. The first-order valence-corrected chi connectivity index (χ1v) is 9.39. The van der Waals surface area contributed by atoms with Crippen molar-refractivity contribution in [3.05, 3.63) is 71.4 Å². The summed E-state index contributed by atoms with van der Waals surface area (Å²) in [4.78, 5) is 12.6. The molecule has 4 rings (SSSR count). The summed E-state index contributed by atoms with van der Waals surface area (Å²) in [5, 5.41) is 17.1. The van der Waals surface area contributed by atoms with Gasteiger partial charge in [0.25, 0.3) is 0 Å². The number of aryl methyl sites for hydroxylation is 1. The number of para-hydroxylation sites is 1. The summed E-state index contributed by atoms with van der Waals surface area (Å²) in [5.74, 6) is 0.912. The molecule has 0 saturated heterocycles. The van der Waals surface area contributed by atoms with Crippen LogP contribution in [-0.2, 0) is 4.79 Å². The van der Waals surface area contributed by atoms with Gasteiger partial charge in [-0.15, -0.1) is 11.8 Å². The fourth-order valence-corrected chi connectivity index (χ4v) is 4.50. The Morgan fingerprint density at radius 1 is 1.12 bits per heavy atom. The van der Waals surface area contributed by atoms with Crippen molar-refractivity contribution in [2.45, 2.75) is 24.3 Å². The van der Waals surface area contributed by atoms with Crippen molar-refractivity contribution in [3.63, 3.8) is 0 Å². The van der Waals surface area contributed by atoms with Crippen molar-refractivity contribution in [1.29, 1.82) is 0 Å². The van der Waals surface area contributed by atoms with Crippen molar-refractivity contribution in [3.8, 4) is 11.4 Å². The van der Waals surface area contributed by atoms with Gasteiger partial charge in [-0.1, -0.05) is 30.3 Å². The van der Waals surface area contributed by atoms with Gasteiger partial charge in [-0.3, -0.25) is 4.79 Å². The van der Waals surface area contributed by atoms with E-state index in [2.05, 4.69) is 5.32 Å². The monoisotopic (exact) mass is 365 g/mol. The molecule has 2 atom stereocenters. The molecule has 0 saturated carbocycles. The van der Waals surface area contributed by atoms with Crippen LogP contribution in [0.1, 0.15) is 29.0 Å². The number of fused-ring (bicyclic) bond motifs is 1. The second-order valence-electron chi connectivity index (χ2n) is 6.33. The van der Waals surface area contributed by atoms with E-state index in [0.29, 0.717) is 5.82 Å². The molecule has 0 aliphatic carbocycles. The fourth-order valence-electron chi connectivity index (χ4n) is 3.18. The van der Waals surface area contributed by atoms with Crippen LogP contribution in [0.5, 0.6) is 5.75 Å². The van der Waals surface area contributed by atoms with Crippen molar-refractivity contribution < 1.29 is 9.90 Å². The van der Waals surface area contributed by atoms with Crippen LogP contribution in [0.15, 0.2) is 54.6 Å². The molecule has 2 aromatic carbocycles. The lowest BCUT2D eigenvalue weighted by atomic mass is 10.0. The third-order valence-corrected chi connectivity index (χ3v) is 5.92. The topological polar surface area (TPSA) is 67.1 Å². The average Bonchev–Trinajstić information content (AvgIpc) is 2.89. The first kappa shape index (κ1) is 16.7. The number of hydrogen-bond acceptors (Lipinski definition) is 4. The number of nitrogens with zero attached hydrogens (tertiary/aromatic N) is 2. The summed E-state index contributed by atoms with van der Waals surface area (Å²) >= 11 is 1.59. The zero-order valence-electron chi connectivity index (χ0n) is 14.5. The zero-order chi connectivity index (χ0) is 18.3. The molecule has 0 bridgehead atoms. The van der Waals surface area contributed by atoms with Gasteiger partial charge in [-0.2, -0.15) is 5.10 Å². The number of benzene rings is 2. The summed E-state index contributed by atoms with van der Waals surface area (Å²) in [5.41, 5.74) is 3.82. The molecule has 3 aromatic rings. The Morgan fingerprint density at radius 3 is 2.50 bits per heavy atom. The van der Waals surface area contributed by atoms with E-state index in [1.165, 1.54) is 0 Å². The van der Waals surface area contributed by atoms with E-state index in [1.807, 2.05) is 56.3 Å². The molecule has 1 aromatic heterocycles. The van der Waals surface area contributed by atoms with Crippen molar-refractivity contribution in [2.24, 2.45) is 0 Å². The minimum absolute atomic E-state index is 0.0328. The van der Waals surface area contributed by atoms with Gasteiger partial charge in [0, 0.05) is 5.56 Å². The largest absolute Gasteiger partial charge is 0.508 e. The van der Waals surface area contributed by atoms with Gasteiger partial charge >= 0.3 is 0 Å². The minimum atomic E-state index is -0.204. The molecule has 1 amide bonds. The lowest BCUT2D eigenvalue weighted by molar-refractivity contribution is -0.115. The molecule has 1 aliphatic rings. The second-order valence-corrected chi connectivity index (χ2v) is 7.78. The van der Waals surface area contributed by atoms with Crippen LogP contribution in [0.2, 0.25) is 0 Å². The summed E-state index contributed by atoms with van der Waals surface area (Å²) in [6, 6.07) is 16.9. The molecule has 0 fully saturated rings. The Bertz CT molecular complexity index is 951. The number of amides is 1. The van der Waals surface area contributed by atoms with Crippen LogP contribution in [0.4, 0.5) is 5.82 Å². The molecule has 0 spiro atoms. The Kier molecular flexibility index (Phi) is 4.20. The lowest BCUT2D eigenvalue weighted by Gasteiger charge is -2.17. The van der Waals surface area contributed by atoms with Gasteiger partial charge in [0.15, 0.2) is 0 Å². The standard InChI is InChI=1S/C20H19N3O2S/c1-12-17-18(14-8-10-16(24)11-9-14)26-13(2)20(25)21-19(17)23(22-12)15-6-4-3-5-7-15/h3-11,13,18,24H,1-2H3,(H,21,25). The SMILES string of the molecule is Cc1nn(-c2ccccc2)c2c1C(c1ccc(O)cc1)SC(C)C(=O)N2. The molecule has 132 valence electrons. The first-order valence-electron chi connectivity index (χ1n) is 8.45. The van der Waals surface area contributed by atoms with Gasteiger partial charge < -0.3 is 10.4 Å². The molecule has 6 heteroatoms. The number of carbonyl (C=O) groups is 1. The fraction of sp³-hybridized carbons (Fsp3) is 0.200. The molecule has 26 heavy (non-hydrogen) atoms. The highest BCUT2D eigenvalue weighted by molar-refractivity contribution is 8.01. The van der Waals surface area contributed by atoms with Gasteiger partial charge in [-0.25, -0.2) is 4.68 Å². The maximum Gasteiger partial charge on any atom is 0.238 e. The van der Waals surface area contributed by atoms with Crippen molar-refractivity contribution >= 4 is 23.5 Å². The van der Waals surface area contributed by atoms with E-state index >= 15 is 0 Å². The molecule has 2 unspecified atom stereocenters. The maximum absolute atomic E-state index is 12.6. The van der Waals surface area contributed by atoms with Crippen molar-refractivity contribution in [2.75, 3.05) is 5.32 Å². The zero-order valence-corrected chi connectivity index (χ0v) is 15.3. The van der Waals surface area contributed by atoms with E-state index in [0.717, 1.165) is 22.5 Å². The third kappa shape index (κ3) is 2.86. The Balaban J connectivity index is 1.90. The van der Waals surface area contributed by atoms with E-state index in [4.69, 9.17) is 5.10 Å². The number of anilines is 1. The summed E-state index contributed by atoms with van der Waals surface area (Å²) in [6.07, 6.45) is 0. The second kappa shape index (κ2) is 6.53. The Hall–Kier alpha value is -2.73. The minimum Gasteiger partial charge on any atom is -0.508 e. The first-order chi connectivity index (χ1) is 12.5. The van der Waals surface area contributed by atoms with Crippen LogP contribution < -0.4 is 5.32 Å². The van der Waals surface area contributed by atoms with Gasteiger partial charge in [0.05, 0.1) is 21.9 Å². The predicted octanol–water partition coefficient (Wildman–Crippen LogP) is 4.05. The number of rotatable bonds is 2. The number of phenols is 1. The van der Waals surface area contributed by atoms with E-state index < -0.39 is 0 Å². The van der Waals surface area contributed by atoms with Crippen LogP contribution >= 0.6 is 11.8 Å². The normalized spacial score (nSPS) is 19.5. The number of aromatic nitrogens is 2. The van der Waals surface area contributed by atoms with Crippen LogP contribution in [-0.4, -0.2) is 26.0 Å². The predicted molar refractivity (Wildman–Crippen MR) is 104 cm³/mol. The summed E-state index contributed by atoms with van der Waals surface area (Å²) in [7, 11) is 0. The van der Waals surface area contributed by atoms with Crippen LogP contribution in [0.3, 0.4) is 0 Å². The summed E-state index contributed by atoms with van der Waals surface area (Å²) < 4.78 is 1.80. The average molecular weight is 365 g/mol. The third-order valence-electron chi connectivity index (χ3n) is 4.52. The van der Waals surface area contributed by atoms with Crippen LogP contribution in [0.25, 0.3) is 5.69 Å². The highest BCUT2D eigenvalue weighted by atomic mass is 32.2.